The smallest absolute Gasteiger partial charge is 0.377 e. The van der Waals surface area contributed by atoms with Crippen LogP contribution in [0.3, 0.4) is 0 Å². The summed E-state index contributed by atoms with van der Waals surface area (Å²) in [5.41, 5.74) is -1.05. The molecule has 0 unspecified atom stereocenters. The lowest BCUT2D eigenvalue weighted by atomic mass is 9.87. The topological polar surface area (TPSA) is 56.2 Å². The Hall–Kier alpha value is -1.57. The Labute approximate surface area is 133 Å². The van der Waals surface area contributed by atoms with Crippen LogP contribution in [0.15, 0.2) is 0 Å². The normalized spacial score (nSPS) is 22.4. The number of carbonyl (C=O) groups excluding carboxylic acids is 1. The fourth-order valence-corrected chi connectivity index (χ4v) is 3.02. The van der Waals surface area contributed by atoms with Crippen molar-refractivity contribution in [3.63, 3.8) is 0 Å². The second-order valence-electron chi connectivity index (χ2n) is 6.26. The molecule has 0 spiro atoms. The third kappa shape index (κ3) is 3.68. The first-order chi connectivity index (χ1) is 10.6. The summed E-state index contributed by atoms with van der Waals surface area (Å²) in [6.07, 6.45) is -3.34. The maximum Gasteiger partial charge on any atom is 0.435 e. The van der Waals surface area contributed by atoms with Crippen molar-refractivity contribution < 1.29 is 22.7 Å². The van der Waals surface area contributed by atoms with Gasteiger partial charge in [-0.1, -0.05) is 13.8 Å². The molecule has 0 radical (unpaired) electrons. The third-order valence-corrected chi connectivity index (χ3v) is 4.15. The number of aromatic nitrogens is 2. The molecule has 23 heavy (non-hydrogen) atoms. The van der Waals surface area contributed by atoms with Crippen molar-refractivity contribution in [2.45, 2.75) is 45.9 Å². The molecule has 0 aliphatic carbocycles. The van der Waals surface area contributed by atoms with Gasteiger partial charge in [-0.2, -0.15) is 18.3 Å². The molecular formula is C15H22F3N3O2. The van der Waals surface area contributed by atoms with Gasteiger partial charge in [-0.3, -0.25) is 9.48 Å². The van der Waals surface area contributed by atoms with Crippen LogP contribution < -0.4 is 5.32 Å². The number of alkyl halides is 3. The van der Waals surface area contributed by atoms with Crippen LogP contribution in [0.2, 0.25) is 0 Å². The van der Waals surface area contributed by atoms with Gasteiger partial charge < -0.3 is 10.1 Å². The summed E-state index contributed by atoms with van der Waals surface area (Å²) in [5, 5.41) is 6.09. The Morgan fingerprint density at radius 3 is 2.61 bits per heavy atom. The first-order valence-corrected chi connectivity index (χ1v) is 7.66. The maximum absolute atomic E-state index is 12.9. The second kappa shape index (κ2) is 6.51. The minimum Gasteiger partial charge on any atom is -0.377 e. The van der Waals surface area contributed by atoms with Crippen molar-refractivity contribution >= 4 is 11.7 Å². The number of rotatable bonds is 3. The number of halogens is 3. The highest BCUT2D eigenvalue weighted by Crippen LogP contribution is 2.34. The van der Waals surface area contributed by atoms with E-state index in [0.717, 1.165) is 11.1 Å². The highest BCUT2D eigenvalue weighted by Gasteiger charge is 2.39. The Kier molecular flexibility index (Phi) is 5.03. The van der Waals surface area contributed by atoms with Crippen LogP contribution in [-0.4, -0.2) is 28.4 Å². The molecule has 1 saturated heterocycles. The molecule has 1 aliphatic rings. The largest absolute Gasteiger partial charge is 0.435 e. The Morgan fingerprint density at radius 1 is 1.43 bits per heavy atom. The number of aryl methyl sites for hydroxylation is 1. The zero-order chi connectivity index (χ0) is 17.4. The SMILES string of the molecule is Cc1c(C(F)(F)F)nn(C)c1NC(=O)[C@H]1CCCO[C@H]1C(C)C. The molecule has 2 atom stereocenters. The van der Waals surface area contributed by atoms with Gasteiger partial charge in [-0.15, -0.1) is 0 Å². The van der Waals surface area contributed by atoms with Crippen molar-refractivity contribution in [1.29, 1.82) is 0 Å². The molecule has 130 valence electrons. The Bertz CT molecular complexity index is 581. The quantitative estimate of drug-likeness (QED) is 0.924. The first kappa shape index (κ1) is 17.8. The summed E-state index contributed by atoms with van der Waals surface area (Å²) in [6, 6.07) is 0. The standard InChI is InChI=1S/C15H22F3N3O2/c1-8(2)11-10(6-5-7-23-11)14(22)19-13-9(3)12(15(16,17)18)20-21(13)4/h8,10-11H,5-7H2,1-4H3,(H,19,22)/t10-,11-/m0/s1. The van der Waals surface area contributed by atoms with Crippen molar-refractivity contribution in [1.82, 2.24) is 9.78 Å². The van der Waals surface area contributed by atoms with E-state index in [9.17, 15) is 18.0 Å². The van der Waals surface area contributed by atoms with Crippen molar-refractivity contribution in [2.24, 2.45) is 18.9 Å². The first-order valence-electron chi connectivity index (χ1n) is 7.66. The van der Waals surface area contributed by atoms with Gasteiger partial charge in [0.2, 0.25) is 5.91 Å². The van der Waals surface area contributed by atoms with E-state index >= 15 is 0 Å². The van der Waals surface area contributed by atoms with E-state index < -0.39 is 11.9 Å². The van der Waals surface area contributed by atoms with Crippen molar-refractivity contribution in [3.05, 3.63) is 11.3 Å². The highest BCUT2D eigenvalue weighted by molar-refractivity contribution is 5.93. The van der Waals surface area contributed by atoms with Crippen LogP contribution in [0.5, 0.6) is 0 Å². The number of hydrogen-bond donors (Lipinski definition) is 1. The zero-order valence-electron chi connectivity index (χ0n) is 13.7. The number of amides is 1. The molecule has 1 aromatic heterocycles. The van der Waals surface area contributed by atoms with Crippen LogP contribution in [0.4, 0.5) is 19.0 Å². The summed E-state index contributed by atoms with van der Waals surface area (Å²) >= 11 is 0. The van der Waals surface area contributed by atoms with Gasteiger partial charge in [0.25, 0.3) is 0 Å². The average molecular weight is 333 g/mol. The van der Waals surface area contributed by atoms with Gasteiger partial charge in [0, 0.05) is 19.2 Å². The lowest BCUT2D eigenvalue weighted by molar-refractivity contribution is -0.142. The molecule has 8 heteroatoms. The van der Waals surface area contributed by atoms with E-state index in [1.807, 2.05) is 13.8 Å². The Balaban J connectivity index is 2.22. The van der Waals surface area contributed by atoms with E-state index in [-0.39, 0.29) is 35.2 Å². The van der Waals surface area contributed by atoms with Crippen molar-refractivity contribution in [2.75, 3.05) is 11.9 Å². The molecule has 0 saturated carbocycles. The second-order valence-corrected chi connectivity index (χ2v) is 6.26. The predicted octanol–water partition coefficient (Wildman–Crippen LogP) is 3.14. The Morgan fingerprint density at radius 2 is 2.09 bits per heavy atom. The van der Waals surface area contributed by atoms with Gasteiger partial charge >= 0.3 is 6.18 Å². The summed E-state index contributed by atoms with van der Waals surface area (Å²) in [5.74, 6) is -0.449. The summed E-state index contributed by atoms with van der Waals surface area (Å²) in [4.78, 5) is 12.5. The molecule has 0 bridgehead atoms. The third-order valence-electron chi connectivity index (χ3n) is 4.15. The average Bonchev–Trinajstić information content (AvgIpc) is 2.75. The summed E-state index contributed by atoms with van der Waals surface area (Å²) in [6.45, 7) is 5.85. The molecular weight excluding hydrogens is 311 g/mol. The lowest BCUT2D eigenvalue weighted by Gasteiger charge is -2.33. The van der Waals surface area contributed by atoms with Crippen molar-refractivity contribution in [3.8, 4) is 0 Å². The number of nitrogens with zero attached hydrogens (tertiary/aromatic N) is 2. The van der Waals surface area contributed by atoms with Crippen LogP contribution in [0.25, 0.3) is 0 Å². The number of carbonyl (C=O) groups is 1. The van der Waals surface area contributed by atoms with E-state index in [1.54, 1.807) is 0 Å². The van der Waals surface area contributed by atoms with E-state index in [4.69, 9.17) is 4.74 Å². The number of anilines is 1. The minimum absolute atomic E-state index is 0.0776. The summed E-state index contributed by atoms with van der Waals surface area (Å²) in [7, 11) is 1.38. The molecule has 1 fully saturated rings. The van der Waals surface area contributed by atoms with Gasteiger partial charge in [0.1, 0.15) is 5.82 Å². The van der Waals surface area contributed by atoms with Crippen LogP contribution >= 0.6 is 0 Å². The summed E-state index contributed by atoms with van der Waals surface area (Å²) < 4.78 is 45.4. The molecule has 0 aromatic carbocycles. The highest BCUT2D eigenvalue weighted by atomic mass is 19.4. The number of nitrogens with one attached hydrogen (secondary N) is 1. The molecule has 1 amide bonds. The number of hydrogen-bond acceptors (Lipinski definition) is 3. The van der Waals surface area contributed by atoms with E-state index in [1.165, 1.54) is 14.0 Å². The van der Waals surface area contributed by atoms with Crippen LogP contribution in [-0.2, 0) is 22.8 Å². The predicted molar refractivity (Wildman–Crippen MR) is 78.9 cm³/mol. The molecule has 2 heterocycles. The van der Waals surface area contributed by atoms with Gasteiger partial charge in [-0.05, 0) is 25.7 Å². The minimum atomic E-state index is -4.54. The van der Waals surface area contributed by atoms with Gasteiger partial charge in [0.05, 0.1) is 12.0 Å². The molecule has 1 N–H and O–H groups in total. The lowest BCUT2D eigenvalue weighted by Crippen LogP contribution is -2.41. The zero-order valence-corrected chi connectivity index (χ0v) is 13.7. The van der Waals surface area contributed by atoms with E-state index in [0.29, 0.717) is 13.0 Å². The molecule has 1 aromatic rings. The van der Waals surface area contributed by atoms with Crippen LogP contribution in [0, 0.1) is 18.8 Å². The van der Waals surface area contributed by atoms with E-state index in [2.05, 4.69) is 10.4 Å². The molecule has 1 aliphatic heterocycles. The molecule has 2 rings (SSSR count). The maximum atomic E-state index is 12.9. The number of ether oxygens (including phenoxy) is 1. The van der Waals surface area contributed by atoms with Crippen LogP contribution in [0.1, 0.15) is 37.9 Å². The fraction of sp³-hybridized carbons (Fsp3) is 0.733. The monoisotopic (exact) mass is 333 g/mol. The fourth-order valence-electron chi connectivity index (χ4n) is 3.02. The van der Waals surface area contributed by atoms with Gasteiger partial charge in [0.15, 0.2) is 5.69 Å². The van der Waals surface area contributed by atoms with Gasteiger partial charge in [-0.25, -0.2) is 0 Å². The molecule has 5 nitrogen and oxygen atoms in total.